The molecule has 0 saturated heterocycles. The van der Waals surface area contributed by atoms with Gasteiger partial charge in [-0.15, -0.1) is 21.5 Å². The molecule has 0 spiro atoms. The zero-order chi connectivity index (χ0) is 20.2. The maximum absolute atomic E-state index is 12.6. The number of thiophene rings is 1. The molecule has 1 atom stereocenters. The Morgan fingerprint density at radius 3 is 2.83 bits per heavy atom. The van der Waals surface area contributed by atoms with Gasteiger partial charge < -0.3 is 0 Å². The van der Waals surface area contributed by atoms with Gasteiger partial charge in [-0.3, -0.25) is 9.20 Å². The van der Waals surface area contributed by atoms with Crippen molar-refractivity contribution in [1.29, 1.82) is 0 Å². The van der Waals surface area contributed by atoms with E-state index >= 15 is 0 Å². The van der Waals surface area contributed by atoms with E-state index in [-0.39, 0.29) is 5.78 Å². The molecule has 1 fully saturated rings. The lowest BCUT2D eigenvalue weighted by Crippen LogP contribution is -2.09. The van der Waals surface area contributed by atoms with Gasteiger partial charge in [-0.1, -0.05) is 49.0 Å². The molecular formula is C23H22N4OS2. The average molecular weight is 435 g/mol. The fraction of sp³-hybridized carbons (Fsp3) is 0.391. The van der Waals surface area contributed by atoms with Crippen LogP contribution in [0.2, 0.25) is 0 Å². The second kappa shape index (κ2) is 7.17. The molecule has 1 saturated carbocycles. The number of nitrogens with zero attached hydrogens (tertiary/aromatic N) is 4. The number of carbonyl (C=O) groups is 1. The monoisotopic (exact) mass is 434 g/mol. The standard InChI is InChI=1S/C23H22N4OS2/c1-13-7-10-16-18(11-13)30-22-19(16)21-25-26-23(27(21)20(24-22)15-8-9-15)29-12-17(28)14-5-3-2-4-6-14/h2-6,13,15H,7-12H2,1H3/t13-/m1/s1. The third-order valence-corrected chi connectivity index (χ3v) is 8.24. The number of carbonyl (C=O) groups excluding carboxylic acids is 1. The van der Waals surface area contributed by atoms with Crippen molar-refractivity contribution in [2.45, 2.75) is 50.1 Å². The van der Waals surface area contributed by atoms with Gasteiger partial charge in [0.15, 0.2) is 16.6 Å². The van der Waals surface area contributed by atoms with Crippen LogP contribution in [0.15, 0.2) is 35.5 Å². The van der Waals surface area contributed by atoms with Gasteiger partial charge in [-0.2, -0.15) is 0 Å². The number of aryl methyl sites for hydroxylation is 1. The summed E-state index contributed by atoms with van der Waals surface area (Å²) in [5.41, 5.74) is 3.10. The quantitative estimate of drug-likeness (QED) is 0.314. The summed E-state index contributed by atoms with van der Waals surface area (Å²) in [4.78, 5) is 20.3. The molecule has 3 aromatic heterocycles. The zero-order valence-electron chi connectivity index (χ0n) is 16.8. The van der Waals surface area contributed by atoms with E-state index < -0.39 is 0 Å². The summed E-state index contributed by atoms with van der Waals surface area (Å²) < 4.78 is 2.15. The minimum Gasteiger partial charge on any atom is -0.293 e. The third kappa shape index (κ3) is 3.06. The molecule has 0 N–H and O–H groups in total. The summed E-state index contributed by atoms with van der Waals surface area (Å²) in [6.07, 6.45) is 5.79. The third-order valence-electron chi connectivity index (χ3n) is 6.17. The van der Waals surface area contributed by atoms with Gasteiger partial charge in [0, 0.05) is 16.4 Å². The number of Topliss-reactive ketones (excluding diaryl/α,β-unsaturated/α-hetero) is 1. The highest BCUT2D eigenvalue weighted by Gasteiger charge is 2.32. The number of fused-ring (bicyclic) bond motifs is 5. The van der Waals surface area contributed by atoms with Gasteiger partial charge in [0.05, 0.1) is 11.1 Å². The molecule has 0 unspecified atom stereocenters. The first kappa shape index (κ1) is 18.5. The van der Waals surface area contributed by atoms with Crippen molar-refractivity contribution < 1.29 is 4.79 Å². The number of hydrogen-bond donors (Lipinski definition) is 0. The summed E-state index contributed by atoms with van der Waals surface area (Å²) in [5.74, 6) is 2.75. The van der Waals surface area contributed by atoms with Crippen LogP contribution in [0.4, 0.5) is 0 Å². The molecule has 5 nitrogen and oxygen atoms in total. The molecule has 4 aromatic rings. The first-order valence-corrected chi connectivity index (χ1v) is 12.4. The lowest BCUT2D eigenvalue weighted by atomic mass is 9.89. The highest BCUT2D eigenvalue weighted by molar-refractivity contribution is 7.99. The van der Waals surface area contributed by atoms with E-state index in [0.717, 1.165) is 45.8 Å². The van der Waals surface area contributed by atoms with Crippen LogP contribution in [0.1, 0.15) is 58.7 Å². The number of ketones is 1. The van der Waals surface area contributed by atoms with Gasteiger partial charge in [0.1, 0.15) is 10.7 Å². The smallest absolute Gasteiger partial charge is 0.197 e. The van der Waals surface area contributed by atoms with Crippen molar-refractivity contribution in [3.8, 4) is 0 Å². The van der Waals surface area contributed by atoms with Crippen molar-refractivity contribution in [3.63, 3.8) is 0 Å². The molecule has 152 valence electrons. The van der Waals surface area contributed by atoms with Crippen LogP contribution in [-0.4, -0.2) is 31.1 Å². The normalized spacial score (nSPS) is 18.8. The van der Waals surface area contributed by atoms with Crippen molar-refractivity contribution in [1.82, 2.24) is 19.6 Å². The zero-order valence-corrected chi connectivity index (χ0v) is 18.4. The van der Waals surface area contributed by atoms with Crippen LogP contribution in [-0.2, 0) is 12.8 Å². The number of thioether (sulfide) groups is 1. The fourth-order valence-corrected chi connectivity index (χ4v) is 6.60. The Morgan fingerprint density at radius 2 is 2.03 bits per heavy atom. The van der Waals surface area contributed by atoms with E-state index in [9.17, 15) is 4.79 Å². The Bertz CT molecular complexity index is 1270. The number of rotatable bonds is 5. The fourth-order valence-electron chi connectivity index (χ4n) is 4.38. The van der Waals surface area contributed by atoms with E-state index in [0.29, 0.717) is 11.7 Å². The molecular weight excluding hydrogens is 412 g/mol. The molecule has 0 aliphatic heterocycles. The Labute approximate surface area is 182 Å². The predicted octanol–water partition coefficient (Wildman–Crippen LogP) is 5.32. The van der Waals surface area contributed by atoms with Crippen molar-refractivity contribution >= 4 is 44.7 Å². The SMILES string of the molecule is C[C@@H]1CCc2c(sc3nc(C4CC4)n4c(SCC(=O)c5ccccc5)nnc4c23)C1. The van der Waals surface area contributed by atoms with Crippen LogP contribution in [0, 0.1) is 5.92 Å². The van der Waals surface area contributed by atoms with E-state index in [2.05, 4.69) is 21.5 Å². The predicted molar refractivity (Wildman–Crippen MR) is 121 cm³/mol. The summed E-state index contributed by atoms with van der Waals surface area (Å²) in [6, 6.07) is 9.46. The Hall–Kier alpha value is -2.25. The van der Waals surface area contributed by atoms with Crippen LogP contribution in [0.5, 0.6) is 0 Å². The molecule has 2 aliphatic carbocycles. The van der Waals surface area contributed by atoms with Gasteiger partial charge in [-0.25, -0.2) is 4.98 Å². The van der Waals surface area contributed by atoms with Gasteiger partial charge >= 0.3 is 0 Å². The second-order valence-electron chi connectivity index (χ2n) is 8.50. The Kier molecular flexibility index (Phi) is 4.42. The summed E-state index contributed by atoms with van der Waals surface area (Å²) in [7, 11) is 0. The molecule has 6 rings (SSSR count). The number of aromatic nitrogens is 4. The number of benzene rings is 1. The summed E-state index contributed by atoms with van der Waals surface area (Å²) in [5, 5.41) is 11.1. The van der Waals surface area contributed by atoms with Crippen LogP contribution < -0.4 is 0 Å². The van der Waals surface area contributed by atoms with Gasteiger partial charge in [0.2, 0.25) is 0 Å². The summed E-state index contributed by atoms with van der Waals surface area (Å²) in [6.45, 7) is 2.33. The van der Waals surface area contributed by atoms with E-state index in [1.54, 1.807) is 0 Å². The lowest BCUT2D eigenvalue weighted by Gasteiger charge is -2.17. The van der Waals surface area contributed by atoms with E-state index in [1.165, 1.54) is 46.9 Å². The van der Waals surface area contributed by atoms with Crippen molar-refractivity contribution in [3.05, 3.63) is 52.2 Å². The van der Waals surface area contributed by atoms with Crippen LogP contribution >= 0.6 is 23.1 Å². The first-order chi connectivity index (χ1) is 14.7. The second-order valence-corrected chi connectivity index (χ2v) is 10.5. The molecule has 3 heterocycles. The average Bonchev–Trinajstić information content (AvgIpc) is 3.42. The van der Waals surface area contributed by atoms with E-state index in [4.69, 9.17) is 4.98 Å². The minimum absolute atomic E-state index is 0.112. The minimum atomic E-state index is 0.112. The van der Waals surface area contributed by atoms with Gasteiger partial charge in [0.25, 0.3) is 0 Å². The number of hydrogen-bond acceptors (Lipinski definition) is 6. The molecule has 0 bridgehead atoms. The highest BCUT2D eigenvalue weighted by atomic mass is 32.2. The Balaban J connectivity index is 1.43. The largest absolute Gasteiger partial charge is 0.293 e. The molecule has 2 aliphatic rings. The maximum Gasteiger partial charge on any atom is 0.197 e. The molecule has 0 amide bonds. The maximum atomic E-state index is 12.6. The van der Waals surface area contributed by atoms with Crippen LogP contribution in [0.25, 0.3) is 15.9 Å². The highest BCUT2D eigenvalue weighted by Crippen LogP contribution is 2.44. The van der Waals surface area contributed by atoms with Crippen molar-refractivity contribution in [2.24, 2.45) is 5.92 Å². The Morgan fingerprint density at radius 1 is 1.20 bits per heavy atom. The van der Waals surface area contributed by atoms with E-state index in [1.807, 2.05) is 41.7 Å². The molecule has 30 heavy (non-hydrogen) atoms. The molecule has 1 aromatic carbocycles. The topological polar surface area (TPSA) is 60.2 Å². The molecule has 7 heteroatoms. The lowest BCUT2D eigenvalue weighted by molar-refractivity contribution is 0.102. The van der Waals surface area contributed by atoms with Crippen molar-refractivity contribution in [2.75, 3.05) is 5.75 Å². The molecule has 0 radical (unpaired) electrons. The first-order valence-electron chi connectivity index (χ1n) is 10.6. The van der Waals surface area contributed by atoms with Crippen LogP contribution in [0.3, 0.4) is 0 Å². The summed E-state index contributed by atoms with van der Waals surface area (Å²) >= 11 is 3.32. The van der Waals surface area contributed by atoms with Gasteiger partial charge in [-0.05, 0) is 43.6 Å².